The summed E-state index contributed by atoms with van der Waals surface area (Å²) in [6.45, 7) is 8.21. The van der Waals surface area contributed by atoms with Crippen molar-refractivity contribution in [2.45, 2.75) is 45.9 Å². The Hall–Kier alpha value is -0.760. The highest BCUT2D eigenvalue weighted by Crippen LogP contribution is 2.37. The van der Waals surface area contributed by atoms with Gasteiger partial charge in [-0.1, -0.05) is 32.9 Å². The van der Waals surface area contributed by atoms with Gasteiger partial charge in [-0.3, -0.25) is 4.79 Å². The molecular formula is C14H22ClNO. The predicted octanol–water partition coefficient (Wildman–Crippen LogP) is 3.63. The van der Waals surface area contributed by atoms with Crippen molar-refractivity contribution in [3.8, 4) is 0 Å². The molecule has 1 aliphatic heterocycles. The zero-order chi connectivity index (χ0) is 13.1. The van der Waals surface area contributed by atoms with Gasteiger partial charge in [-0.25, -0.2) is 0 Å². The Labute approximate surface area is 109 Å². The van der Waals surface area contributed by atoms with Crippen molar-refractivity contribution >= 4 is 17.5 Å². The van der Waals surface area contributed by atoms with E-state index in [1.54, 1.807) is 0 Å². The molecule has 0 saturated carbocycles. The van der Waals surface area contributed by atoms with Gasteiger partial charge in [0.2, 0.25) is 5.91 Å². The third kappa shape index (κ3) is 3.60. The van der Waals surface area contributed by atoms with Crippen LogP contribution in [0.15, 0.2) is 23.9 Å². The standard InChI is InChI=1S/C14H22ClNO/c1-5-12-7-6-8-14(4,9-13(17)16-12)10(2)11(3)15/h6-8,10-11H,5,9H2,1-4H3,(H,16,17)/b8-6-,12-7+/t10-,11?,14?/m0/s1. The van der Waals surface area contributed by atoms with Crippen LogP contribution in [0, 0.1) is 11.3 Å². The molecule has 3 heteroatoms. The summed E-state index contributed by atoms with van der Waals surface area (Å²) in [6.07, 6.45) is 7.45. The van der Waals surface area contributed by atoms with E-state index in [2.05, 4.69) is 25.2 Å². The Bertz CT molecular complexity index is 346. The number of amides is 1. The van der Waals surface area contributed by atoms with Gasteiger partial charge in [0.1, 0.15) is 0 Å². The number of hydrogen-bond acceptors (Lipinski definition) is 1. The van der Waals surface area contributed by atoms with Crippen LogP contribution in [-0.4, -0.2) is 11.3 Å². The number of rotatable bonds is 3. The van der Waals surface area contributed by atoms with Crippen LogP contribution in [0.5, 0.6) is 0 Å². The second-order valence-corrected chi connectivity index (χ2v) is 5.79. The Morgan fingerprint density at radius 1 is 1.53 bits per heavy atom. The molecule has 2 unspecified atom stereocenters. The predicted molar refractivity (Wildman–Crippen MR) is 72.9 cm³/mol. The van der Waals surface area contributed by atoms with E-state index in [4.69, 9.17) is 11.6 Å². The fraction of sp³-hybridized carbons (Fsp3) is 0.643. The largest absolute Gasteiger partial charge is 0.330 e. The second kappa shape index (κ2) is 5.72. The molecule has 0 aromatic carbocycles. The average Bonchev–Trinajstić information content (AvgIpc) is 2.23. The zero-order valence-electron chi connectivity index (χ0n) is 11.1. The lowest BCUT2D eigenvalue weighted by Crippen LogP contribution is -2.36. The fourth-order valence-corrected chi connectivity index (χ4v) is 2.39. The Kier molecular flexibility index (Phi) is 4.81. The first-order valence-electron chi connectivity index (χ1n) is 6.21. The average molecular weight is 256 g/mol. The minimum absolute atomic E-state index is 0.0477. The summed E-state index contributed by atoms with van der Waals surface area (Å²) < 4.78 is 0. The fourth-order valence-electron chi connectivity index (χ4n) is 2.10. The van der Waals surface area contributed by atoms with Crippen molar-refractivity contribution < 1.29 is 4.79 Å². The Morgan fingerprint density at radius 2 is 2.18 bits per heavy atom. The molecule has 17 heavy (non-hydrogen) atoms. The van der Waals surface area contributed by atoms with Crippen LogP contribution in [-0.2, 0) is 4.79 Å². The topological polar surface area (TPSA) is 29.1 Å². The minimum atomic E-state index is -0.180. The number of carbonyl (C=O) groups is 1. The molecule has 1 aliphatic rings. The number of halogens is 1. The maximum Gasteiger partial charge on any atom is 0.224 e. The number of carbonyl (C=O) groups excluding carboxylic acids is 1. The van der Waals surface area contributed by atoms with E-state index < -0.39 is 0 Å². The van der Waals surface area contributed by atoms with Gasteiger partial charge < -0.3 is 5.32 Å². The third-order valence-electron chi connectivity index (χ3n) is 3.73. The summed E-state index contributed by atoms with van der Waals surface area (Å²) >= 11 is 6.17. The van der Waals surface area contributed by atoms with Crippen LogP contribution >= 0.6 is 11.6 Å². The molecule has 96 valence electrons. The summed E-state index contributed by atoms with van der Waals surface area (Å²) in [5, 5.41) is 2.99. The van der Waals surface area contributed by atoms with Crippen molar-refractivity contribution in [2.24, 2.45) is 11.3 Å². The van der Waals surface area contributed by atoms with E-state index in [9.17, 15) is 4.79 Å². The molecule has 1 heterocycles. The summed E-state index contributed by atoms with van der Waals surface area (Å²) in [5.74, 6) is 0.330. The molecule has 0 fully saturated rings. The third-order valence-corrected chi connectivity index (χ3v) is 4.10. The van der Waals surface area contributed by atoms with E-state index in [0.717, 1.165) is 12.1 Å². The van der Waals surface area contributed by atoms with E-state index in [0.29, 0.717) is 6.42 Å². The van der Waals surface area contributed by atoms with Gasteiger partial charge in [0.15, 0.2) is 0 Å². The van der Waals surface area contributed by atoms with E-state index in [1.165, 1.54) is 0 Å². The van der Waals surface area contributed by atoms with Gasteiger partial charge in [0.05, 0.1) is 0 Å². The first-order valence-corrected chi connectivity index (χ1v) is 6.65. The van der Waals surface area contributed by atoms with Crippen LogP contribution in [0.3, 0.4) is 0 Å². The monoisotopic (exact) mass is 255 g/mol. The van der Waals surface area contributed by atoms with Crippen LogP contribution in [0.4, 0.5) is 0 Å². The number of allylic oxidation sites excluding steroid dienone is 4. The van der Waals surface area contributed by atoms with Crippen molar-refractivity contribution in [1.82, 2.24) is 5.32 Å². The lowest BCUT2D eigenvalue weighted by Gasteiger charge is -2.35. The molecule has 0 bridgehead atoms. The SMILES string of the molecule is CC/C1=C\C=C/C(C)([C@@H](C)C(C)Cl)CC(=O)N1. The molecule has 0 aromatic rings. The molecule has 1 rings (SSSR count). The van der Waals surface area contributed by atoms with Crippen molar-refractivity contribution in [1.29, 1.82) is 0 Å². The van der Waals surface area contributed by atoms with Gasteiger partial charge in [-0.15, -0.1) is 11.6 Å². The van der Waals surface area contributed by atoms with Gasteiger partial charge in [0.25, 0.3) is 0 Å². The highest BCUT2D eigenvalue weighted by atomic mass is 35.5. The number of nitrogens with one attached hydrogen (secondary N) is 1. The summed E-state index contributed by atoms with van der Waals surface area (Å²) in [7, 11) is 0. The van der Waals surface area contributed by atoms with E-state index in [-0.39, 0.29) is 22.6 Å². The maximum atomic E-state index is 11.9. The van der Waals surface area contributed by atoms with Gasteiger partial charge in [-0.05, 0) is 30.8 Å². The second-order valence-electron chi connectivity index (χ2n) is 5.10. The maximum absolute atomic E-state index is 11.9. The molecule has 1 N–H and O–H groups in total. The molecule has 0 aromatic heterocycles. The van der Waals surface area contributed by atoms with Crippen LogP contribution in [0.2, 0.25) is 0 Å². The number of alkyl halides is 1. The van der Waals surface area contributed by atoms with Gasteiger partial charge in [0, 0.05) is 17.5 Å². The highest BCUT2D eigenvalue weighted by molar-refractivity contribution is 6.20. The van der Waals surface area contributed by atoms with E-state index >= 15 is 0 Å². The van der Waals surface area contributed by atoms with Crippen molar-refractivity contribution in [3.63, 3.8) is 0 Å². The summed E-state index contributed by atoms with van der Waals surface area (Å²) in [5.41, 5.74) is 0.793. The van der Waals surface area contributed by atoms with Gasteiger partial charge in [-0.2, -0.15) is 0 Å². The Balaban J connectivity index is 2.98. The van der Waals surface area contributed by atoms with Crippen LogP contribution < -0.4 is 5.32 Å². The smallest absolute Gasteiger partial charge is 0.224 e. The molecular weight excluding hydrogens is 234 g/mol. The minimum Gasteiger partial charge on any atom is -0.330 e. The molecule has 3 atom stereocenters. The lowest BCUT2D eigenvalue weighted by atomic mass is 9.73. The Morgan fingerprint density at radius 3 is 2.71 bits per heavy atom. The van der Waals surface area contributed by atoms with Crippen LogP contribution in [0.1, 0.15) is 40.5 Å². The van der Waals surface area contributed by atoms with E-state index in [1.807, 2.05) is 26.0 Å². The first-order chi connectivity index (χ1) is 7.89. The first kappa shape index (κ1) is 14.3. The normalized spacial score (nSPS) is 33.7. The molecule has 0 radical (unpaired) electrons. The van der Waals surface area contributed by atoms with Crippen molar-refractivity contribution in [2.75, 3.05) is 0 Å². The molecule has 0 spiro atoms. The highest BCUT2D eigenvalue weighted by Gasteiger charge is 2.34. The van der Waals surface area contributed by atoms with Gasteiger partial charge >= 0.3 is 0 Å². The molecule has 0 aliphatic carbocycles. The molecule has 0 saturated heterocycles. The zero-order valence-corrected chi connectivity index (χ0v) is 11.8. The van der Waals surface area contributed by atoms with Crippen LogP contribution in [0.25, 0.3) is 0 Å². The summed E-state index contributed by atoms with van der Waals surface area (Å²) in [4.78, 5) is 11.9. The molecule has 1 amide bonds. The number of hydrogen-bond donors (Lipinski definition) is 1. The van der Waals surface area contributed by atoms with Crippen molar-refractivity contribution in [3.05, 3.63) is 23.9 Å². The quantitative estimate of drug-likeness (QED) is 0.767. The lowest BCUT2D eigenvalue weighted by molar-refractivity contribution is -0.122. The molecule has 2 nitrogen and oxygen atoms in total. The summed E-state index contributed by atoms with van der Waals surface area (Å²) in [6, 6.07) is 0.